The lowest BCUT2D eigenvalue weighted by Crippen LogP contribution is -2.14. The Morgan fingerprint density at radius 2 is 2.57 bits per heavy atom. The molecular formula is C8H13N5O. The van der Waals surface area contributed by atoms with Crippen LogP contribution < -0.4 is 11.1 Å². The molecule has 0 aromatic carbocycles. The van der Waals surface area contributed by atoms with Gasteiger partial charge in [0.15, 0.2) is 0 Å². The van der Waals surface area contributed by atoms with Gasteiger partial charge in [0.2, 0.25) is 11.9 Å². The molecule has 4 N–H and O–H groups in total. The number of rotatable bonds is 3. The molecule has 0 saturated carbocycles. The average molecular weight is 195 g/mol. The molecule has 2 heterocycles. The Morgan fingerprint density at radius 3 is 3.21 bits per heavy atom. The minimum absolute atomic E-state index is 0.321. The number of nitrogens with one attached hydrogen (secondary N) is 2. The number of hydrogen-bond acceptors (Lipinski definition) is 5. The van der Waals surface area contributed by atoms with E-state index in [4.69, 9.17) is 10.5 Å². The third-order valence-electron chi connectivity index (χ3n) is 1.96. The van der Waals surface area contributed by atoms with Crippen LogP contribution in [0.5, 0.6) is 0 Å². The van der Waals surface area contributed by atoms with Crippen LogP contribution in [0, 0.1) is 0 Å². The zero-order valence-corrected chi connectivity index (χ0v) is 7.79. The van der Waals surface area contributed by atoms with E-state index in [2.05, 4.69) is 26.6 Å². The highest BCUT2D eigenvalue weighted by atomic mass is 16.5. The average Bonchev–Trinajstić information content (AvgIpc) is 2.63. The van der Waals surface area contributed by atoms with Gasteiger partial charge < -0.3 is 15.8 Å². The third-order valence-corrected chi connectivity index (χ3v) is 1.96. The molecule has 0 amide bonds. The molecule has 1 aromatic rings. The molecule has 76 valence electrons. The normalized spacial score (nSPS) is 16.4. The summed E-state index contributed by atoms with van der Waals surface area (Å²) in [6.07, 6.45) is 3.15. The van der Waals surface area contributed by atoms with Crippen LogP contribution in [0.15, 0.2) is 11.6 Å². The van der Waals surface area contributed by atoms with Gasteiger partial charge in [0.05, 0.1) is 13.2 Å². The monoisotopic (exact) mass is 195 g/mol. The van der Waals surface area contributed by atoms with Crippen molar-refractivity contribution in [2.24, 2.45) is 0 Å². The van der Waals surface area contributed by atoms with Crippen molar-refractivity contribution < 1.29 is 4.74 Å². The van der Waals surface area contributed by atoms with E-state index < -0.39 is 0 Å². The smallest absolute Gasteiger partial charge is 0.243 e. The van der Waals surface area contributed by atoms with Gasteiger partial charge in [-0.3, -0.25) is 0 Å². The number of hydrogen-bond donors (Lipinski definition) is 3. The molecule has 0 saturated heterocycles. The van der Waals surface area contributed by atoms with Gasteiger partial charge in [-0.25, -0.2) is 5.10 Å². The molecule has 6 heteroatoms. The van der Waals surface area contributed by atoms with E-state index in [0.29, 0.717) is 25.0 Å². The summed E-state index contributed by atoms with van der Waals surface area (Å²) in [7, 11) is 0. The van der Waals surface area contributed by atoms with Crippen LogP contribution in [0.2, 0.25) is 0 Å². The van der Waals surface area contributed by atoms with Crippen molar-refractivity contribution in [3.63, 3.8) is 0 Å². The van der Waals surface area contributed by atoms with Gasteiger partial charge in [-0.15, -0.1) is 5.10 Å². The summed E-state index contributed by atoms with van der Waals surface area (Å²) in [5, 5.41) is 9.47. The Morgan fingerprint density at radius 1 is 1.64 bits per heavy atom. The molecular weight excluding hydrogens is 182 g/mol. The van der Waals surface area contributed by atoms with Crippen LogP contribution in [-0.2, 0) is 4.74 Å². The summed E-state index contributed by atoms with van der Waals surface area (Å²) >= 11 is 0. The first-order chi connectivity index (χ1) is 6.84. The number of anilines is 2. The van der Waals surface area contributed by atoms with E-state index in [9.17, 15) is 0 Å². The number of aromatic nitrogens is 3. The van der Waals surface area contributed by atoms with Crippen LogP contribution in [0.25, 0.3) is 0 Å². The van der Waals surface area contributed by atoms with E-state index in [-0.39, 0.29) is 0 Å². The predicted octanol–water partition coefficient (Wildman–Crippen LogP) is 0.145. The molecule has 2 rings (SSSR count). The molecule has 0 aliphatic carbocycles. The summed E-state index contributed by atoms with van der Waals surface area (Å²) in [6, 6.07) is 0. The van der Waals surface area contributed by atoms with Gasteiger partial charge >= 0.3 is 0 Å². The number of H-pyrrole nitrogens is 1. The van der Waals surface area contributed by atoms with Gasteiger partial charge in [-0.05, 0) is 12.0 Å². The first kappa shape index (κ1) is 9.01. The molecule has 0 atom stereocenters. The summed E-state index contributed by atoms with van der Waals surface area (Å²) in [4.78, 5) is 3.93. The summed E-state index contributed by atoms with van der Waals surface area (Å²) in [6.45, 7) is 2.21. The zero-order chi connectivity index (χ0) is 9.80. The van der Waals surface area contributed by atoms with E-state index in [1.165, 1.54) is 5.57 Å². The highest BCUT2D eigenvalue weighted by Crippen LogP contribution is 2.06. The number of nitrogen functional groups attached to an aromatic ring is 1. The molecule has 0 radical (unpaired) electrons. The first-order valence-electron chi connectivity index (χ1n) is 4.52. The lowest BCUT2D eigenvalue weighted by molar-refractivity contribution is 0.150. The maximum absolute atomic E-state index is 5.38. The fourth-order valence-corrected chi connectivity index (χ4v) is 1.28. The predicted molar refractivity (Wildman–Crippen MR) is 52.8 cm³/mol. The van der Waals surface area contributed by atoms with Gasteiger partial charge in [0.25, 0.3) is 0 Å². The minimum Gasteiger partial charge on any atom is -0.377 e. The molecule has 1 aliphatic heterocycles. The lowest BCUT2D eigenvalue weighted by atomic mass is 10.2. The first-order valence-corrected chi connectivity index (χ1v) is 4.52. The highest BCUT2D eigenvalue weighted by Gasteiger charge is 2.04. The largest absolute Gasteiger partial charge is 0.377 e. The zero-order valence-electron chi connectivity index (χ0n) is 7.79. The van der Waals surface area contributed by atoms with Crippen molar-refractivity contribution in [2.75, 3.05) is 30.8 Å². The summed E-state index contributed by atoms with van der Waals surface area (Å²) in [5.74, 6) is 0.843. The Balaban J connectivity index is 1.84. The quantitative estimate of drug-likeness (QED) is 0.597. The molecule has 1 aromatic heterocycles. The van der Waals surface area contributed by atoms with Gasteiger partial charge in [-0.2, -0.15) is 4.98 Å². The van der Waals surface area contributed by atoms with Crippen molar-refractivity contribution in [1.82, 2.24) is 15.2 Å². The van der Waals surface area contributed by atoms with Crippen molar-refractivity contribution >= 4 is 11.9 Å². The van der Waals surface area contributed by atoms with Crippen LogP contribution in [0.3, 0.4) is 0 Å². The minimum atomic E-state index is 0.321. The molecule has 0 unspecified atom stereocenters. The number of ether oxygens (including phenoxy) is 1. The molecule has 0 fully saturated rings. The number of aromatic amines is 1. The highest BCUT2D eigenvalue weighted by molar-refractivity contribution is 5.31. The van der Waals surface area contributed by atoms with Gasteiger partial charge in [0, 0.05) is 6.54 Å². The van der Waals surface area contributed by atoms with Crippen molar-refractivity contribution in [1.29, 1.82) is 0 Å². The van der Waals surface area contributed by atoms with Crippen molar-refractivity contribution in [3.8, 4) is 0 Å². The lowest BCUT2D eigenvalue weighted by Gasteiger charge is -2.13. The topological polar surface area (TPSA) is 88.8 Å². The Kier molecular flexibility index (Phi) is 2.64. The number of nitrogens with zero attached hydrogens (tertiary/aromatic N) is 2. The Hall–Kier alpha value is -1.56. The van der Waals surface area contributed by atoms with Gasteiger partial charge in [-0.1, -0.05) is 6.08 Å². The fraction of sp³-hybridized carbons (Fsp3) is 0.500. The van der Waals surface area contributed by atoms with Crippen LogP contribution in [0.1, 0.15) is 6.42 Å². The maximum atomic E-state index is 5.38. The molecule has 0 spiro atoms. The van der Waals surface area contributed by atoms with Crippen LogP contribution >= 0.6 is 0 Å². The van der Waals surface area contributed by atoms with Crippen molar-refractivity contribution in [3.05, 3.63) is 11.6 Å². The number of nitrogens with two attached hydrogens (primary N) is 1. The van der Waals surface area contributed by atoms with E-state index in [0.717, 1.165) is 13.0 Å². The molecule has 0 bridgehead atoms. The van der Waals surface area contributed by atoms with Crippen LogP contribution in [-0.4, -0.2) is 34.9 Å². The second-order valence-electron chi connectivity index (χ2n) is 3.10. The fourth-order valence-electron chi connectivity index (χ4n) is 1.28. The van der Waals surface area contributed by atoms with Gasteiger partial charge in [0.1, 0.15) is 0 Å². The standard InChI is InChI=1S/C8H13N5O/c9-7-11-8(13-12-7)10-4-6-2-1-3-14-5-6/h2H,1,3-5H2,(H4,9,10,11,12,13). The SMILES string of the molecule is Nc1nc(NCC2=CCCOC2)n[nH]1. The van der Waals surface area contributed by atoms with Crippen LogP contribution in [0.4, 0.5) is 11.9 Å². The second kappa shape index (κ2) is 4.10. The summed E-state index contributed by atoms with van der Waals surface area (Å²) < 4.78 is 5.29. The molecule has 1 aliphatic rings. The van der Waals surface area contributed by atoms with E-state index in [1.54, 1.807) is 0 Å². The molecule has 14 heavy (non-hydrogen) atoms. The van der Waals surface area contributed by atoms with Crippen molar-refractivity contribution in [2.45, 2.75) is 6.42 Å². The van der Waals surface area contributed by atoms with E-state index in [1.807, 2.05) is 0 Å². The van der Waals surface area contributed by atoms with E-state index >= 15 is 0 Å². The third kappa shape index (κ3) is 2.23. The Bertz CT molecular complexity index is 332. The Labute approximate surface area is 81.5 Å². The molecule has 6 nitrogen and oxygen atoms in total. The second-order valence-corrected chi connectivity index (χ2v) is 3.10. The maximum Gasteiger partial charge on any atom is 0.243 e. The summed E-state index contributed by atoms with van der Waals surface area (Å²) in [5.41, 5.74) is 6.60.